The zero-order chi connectivity index (χ0) is 19.1. The molecule has 0 saturated carbocycles. The Morgan fingerprint density at radius 2 is 1.59 bits per heavy atom. The van der Waals surface area contributed by atoms with Gasteiger partial charge in [-0.15, -0.1) is 0 Å². The molecule has 3 rings (SSSR count). The molecular formula is C21H20N2O4. The topological polar surface area (TPSA) is 79.6 Å². The van der Waals surface area contributed by atoms with Crippen molar-refractivity contribution in [2.45, 2.75) is 12.8 Å². The average molecular weight is 364 g/mol. The molecule has 0 atom stereocenters. The first-order valence-corrected chi connectivity index (χ1v) is 8.86. The highest BCUT2D eigenvalue weighted by Crippen LogP contribution is 2.22. The van der Waals surface area contributed by atoms with Crippen molar-refractivity contribution in [3.8, 4) is 11.8 Å². The monoisotopic (exact) mass is 364 g/mol. The maximum absolute atomic E-state index is 12.2. The van der Waals surface area contributed by atoms with E-state index < -0.39 is 0 Å². The molecule has 1 aliphatic heterocycles. The second-order valence-corrected chi connectivity index (χ2v) is 6.12. The molecule has 2 aromatic rings. The molecule has 1 aliphatic rings. The molecule has 0 saturated heterocycles. The minimum Gasteiger partial charge on any atom is -0.493 e. The lowest BCUT2D eigenvalue weighted by Crippen LogP contribution is -2.31. The first kappa shape index (κ1) is 18.6. The van der Waals surface area contributed by atoms with Crippen LogP contribution in [0.5, 0.6) is 5.75 Å². The van der Waals surface area contributed by atoms with Gasteiger partial charge in [-0.3, -0.25) is 14.5 Å². The number of benzene rings is 2. The lowest BCUT2D eigenvalue weighted by atomic mass is 10.1. The molecule has 0 unspecified atom stereocenters. The molecule has 0 aromatic heterocycles. The number of amides is 2. The zero-order valence-electron chi connectivity index (χ0n) is 14.9. The van der Waals surface area contributed by atoms with Gasteiger partial charge in [0, 0.05) is 26.2 Å². The minimum absolute atomic E-state index is 0.233. The van der Waals surface area contributed by atoms with Crippen LogP contribution < -0.4 is 4.74 Å². The van der Waals surface area contributed by atoms with E-state index in [9.17, 15) is 9.59 Å². The Morgan fingerprint density at radius 1 is 0.889 bits per heavy atom. The van der Waals surface area contributed by atoms with Crippen molar-refractivity contribution in [2.24, 2.45) is 0 Å². The van der Waals surface area contributed by atoms with Crippen molar-refractivity contribution in [3.63, 3.8) is 0 Å². The van der Waals surface area contributed by atoms with E-state index >= 15 is 0 Å². The van der Waals surface area contributed by atoms with E-state index in [1.165, 1.54) is 4.90 Å². The van der Waals surface area contributed by atoms with Gasteiger partial charge in [0.05, 0.1) is 29.4 Å². The number of hydrogen-bond donors (Lipinski definition) is 0. The van der Waals surface area contributed by atoms with Crippen LogP contribution in [0.4, 0.5) is 0 Å². The number of rotatable bonds is 9. The smallest absolute Gasteiger partial charge is 0.261 e. The SMILES string of the molecule is N#Cc1cccc(OCCCOCCCN2C(=O)c3ccccc3C2=O)c1. The lowest BCUT2D eigenvalue weighted by Gasteiger charge is -2.13. The van der Waals surface area contributed by atoms with E-state index in [0.29, 0.717) is 61.6 Å². The Labute approximate surface area is 157 Å². The second kappa shape index (κ2) is 8.97. The van der Waals surface area contributed by atoms with Gasteiger partial charge < -0.3 is 9.47 Å². The van der Waals surface area contributed by atoms with Gasteiger partial charge in [-0.1, -0.05) is 18.2 Å². The number of imide groups is 1. The van der Waals surface area contributed by atoms with Crippen LogP contribution in [-0.2, 0) is 4.74 Å². The van der Waals surface area contributed by atoms with Crippen molar-refractivity contribution in [1.29, 1.82) is 5.26 Å². The third-order valence-electron chi connectivity index (χ3n) is 4.21. The number of carbonyl (C=O) groups is 2. The van der Waals surface area contributed by atoms with Crippen LogP contribution in [0.1, 0.15) is 39.1 Å². The molecule has 2 aromatic carbocycles. The van der Waals surface area contributed by atoms with E-state index in [1.54, 1.807) is 42.5 Å². The number of hydrogen-bond acceptors (Lipinski definition) is 5. The highest BCUT2D eigenvalue weighted by molar-refractivity contribution is 6.21. The van der Waals surface area contributed by atoms with Crippen LogP contribution in [0.2, 0.25) is 0 Å². The van der Waals surface area contributed by atoms with Gasteiger partial charge in [0.25, 0.3) is 11.8 Å². The first-order valence-electron chi connectivity index (χ1n) is 8.86. The minimum atomic E-state index is -0.233. The van der Waals surface area contributed by atoms with E-state index in [-0.39, 0.29) is 11.8 Å². The molecule has 6 nitrogen and oxygen atoms in total. The number of ether oxygens (including phenoxy) is 2. The van der Waals surface area contributed by atoms with Crippen LogP contribution in [0, 0.1) is 11.3 Å². The van der Waals surface area contributed by atoms with Crippen LogP contribution >= 0.6 is 0 Å². The molecule has 1 heterocycles. The molecule has 27 heavy (non-hydrogen) atoms. The van der Waals surface area contributed by atoms with E-state index in [1.807, 2.05) is 6.07 Å². The lowest BCUT2D eigenvalue weighted by molar-refractivity contribution is 0.0622. The van der Waals surface area contributed by atoms with E-state index in [2.05, 4.69) is 6.07 Å². The predicted octanol–water partition coefficient (Wildman–Crippen LogP) is 3.03. The summed E-state index contributed by atoms with van der Waals surface area (Å²) in [5.74, 6) is 0.201. The Kier molecular flexibility index (Phi) is 6.18. The summed E-state index contributed by atoms with van der Waals surface area (Å²) in [4.78, 5) is 25.7. The van der Waals surface area contributed by atoms with Crippen LogP contribution in [-0.4, -0.2) is 43.1 Å². The molecule has 0 fully saturated rings. The van der Waals surface area contributed by atoms with Crippen molar-refractivity contribution in [3.05, 3.63) is 65.2 Å². The Balaban J connectivity index is 1.30. The number of nitriles is 1. The quantitative estimate of drug-likeness (QED) is 0.505. The summed E-state index contributed by atoms with van der Waals surface area (Å²) in [6.45, 7) is 1.84. The summed E-state index contributed by atoms with van der Waals surface area (Å²) in [5.41, 5.74) is 1.51. The Bertz CT molecular complexity index is 837. The Hall–Kier alpha value is -3.17. The summed E-state index contributed by atoms with van der Waals surface area (Å²) >= 11 is 0. The fraction of sp³-hybridized carbons (Fsp3) is 0.286. The number of nitrogens with zero attached hydrogens (tertiary/aromatic N) is 2. The maximum atomic E-state index is 12.2. The molecule has 0 bridgehead atoms. The highest BCUT2D eigenvalue weighted by Gasteiger charge is 2.34. The normalized spacial score (nSPS) is 12.8. The van der Waals surface area contributed by atoms with Crippen LogP contribution in [0.3, 0.4) is 0 Å². The van der Waals surface area contributed by atoms with Crippen LogP contribution in [0.15, 0.2) is 48.5 Å². The third-order valence-corrected chi connectivity index (χ3v) is 4.21. The van der Waals surface area contributed by atoms with Gasteiger partial charge in [0.15, 0.2) is 0 Å². The maximum Gasteiger partial charge on any atom is 0.261 e. The van der Waals surface area contributed by atoms with Gasteiger partial charge in [-0.05, 0) is 36.8 Å². The van der Waals surface area contributed by atoms with E-state index in [0.717, 1.165) is 0 Å². The summed E-state index contributed by atoms with van der Waals surface area (Å²) < 4.78 is 11.1. The van der Waals surface area contributed by atoms with E-state index in [4.69, 9.17) is 14.7 Å². The molecule has 6 heteroatoms. The van der Waals surface area contributed by atoms with Crippen molar-refractivity contribution in [2.75, 3.05) is 26.4 Å². The fourth-order valence-corrected chi connectivity index (χ4v) is 2.88. The van der Waals surface area contributed by atoms with Gasteiger partial charge >= 0.3 is 0 Å². The van der Waals surface area contributed by atoms with Crippen LogP contribution in [0.25, 0.3) is 0 Å². The van der Waals surface area contributed by atoms with Gasteiger partial charge in [-0.25, -0.2) is 0 Å². The first-order chi connectivity index (χ1) is 13.2. The average Bonchev–Trinajstić information content (AvgIpc) is 2.95. The summed E-state index contributed by atoms with van der Waals surface area (Å²) in [6, 6.07) is 16.0. The molecule has 138 valence electrons. The standard InChI is InChI=1S/C21H20N2O4/c22-15-16-6-3-7-17(14-16)27-13-5-12-26-11-4-10-23-20(24)18-8-1-2-9-19(18)21(23)25/h1-3,6-9,14H,4-5,10-13H2. The highest BCUT2D eigenvalue weighted by atomic mass is 16.5. The van der Waals surface area contributed by atoms with Gasteiger partial charge in [-0.2, -0.15) is 5.26 Å². The molecule has 2 amide bonds. The summed E-state index contributed by atoms with van der Waals surface area (Å²) in [5, 5.41) is 8.85. The summed E-state index contributed by atoms with van der Waals surface area (Å²) in [7, 11) is 0. The predicted molar refractivity (Wildman–Crippen MR) is 98.5 cm³/mol. The second-order valence-electron chi connectivity index (χ2n) is 6.12. The number of fused-ring (bicyclic) bond motifs is 1. The molecule has 0 spiro atoms. The van der Waals surface area contributed by atoms with Crippen molar-refractivity contribution >= 4 is 11.8 Å². The summed E-state index contributed by atoms with van der Waals surface area (Å²) in [6.07, 6.45) is 1.31. The Morgan fingerprint density at radius 3 is 2.30 bits per heavy atom. The molecule has 0 aliphatic carbocycles. The zero-order valence-corrected chi connectivity index (χ0v) is 14.9. The number of carbonyl (C=O) groups excluding carboxylic acids is 2. The van der Waals surface area contributed by atoms with Crippen molar-refractivity contribution in [1.82, 2.24) is 4.90 Å². The molecule has 0 N–H and O–H groups in total. The van der Waals surface area contributed by atoms with Crippen molar-refractivity contribution < 1.29 is 19.1 Å². The molecule has 0 radical (unpaired) electrons. The fourth-order valence-electron chi connectivity index (χ4n) is 2.88. The van der Waals surface area contributed by atoms with Gasteiger partial charge in [0.1, 0.15) is 5.75 Å². The third kappa shape index (κ3) is 4.52. The largest absolute Gasteiger partial charge is 0.493 e. The molecular weight excluding hydrogens is 344 g/mol. The van der Waals surface area contributed by atoms with Gasteiger partial charge in [0.2, 0.25) is 0 Å².